The minimum Gasteiger partial charge on any atom is -0.361 e. The van der Waals surface area contributed by atoms with Gasteiger partial charge in [0.2, 0.25) is 0 Å². The predicted molar refractivity (Wildman–Crippen MR) is 53.8 cm³/mol. The third-order valence-electron chi connectivity index (χ3n) is 2.32. The average molecular weight is 198 g/mol. The van der Waals surface area contributed by atoms with E-state index in [4.69, 9.17) is 5.73 Å². The van der Waals surface area contributed by atoms with Gasteiger partial charge in [-0.05, 0) is 26.2 Å². The molecule has 1 aliphatic carbocycles. The van der Waals surface area contributed by atoms with Crippen molar-refractivity contribution in [3.8, 4) is 0 Å². The largest absolute Gasteiger partial charge is 0.361 e. The third kappa shape index (κ3) is 1.74. The quantitative estimate of drug-likeness (QED) is 0.616. The van der Waals surface area contributed by atoms with Crippen molar-refractivity contribution >= 4 is 17.5 Å². The molecule has 0 aromatic rings. The Labute approximate surface area is 82.1 Å². The van der Waals surface area contributed by atoms with Gasteiger partial charge in [0.05, 0.1) is 4.91 Å². The van der Waals surface area contributed by atoms with Crippen LogP contribution in [0.2, 0.25) is 0 Å². The highest BCUT2D eigenvalue weighted by Gasteiger charge is 2.35. The molecule has 3 nitrogen and oxygen atoms in total. The van der Waals surface area contributed by atoms with Crippen LogP contribution in [0.5, 0.6) is 0 Å². The minimum absolute atomic E-state index is 0.263. The van der Waals surface area contributed by atoms with E-state index in [2.05, 4.69) is 5.32 Å². The van der Waals surface area contributed by atoms with Crippen LogP contribution < -0.4 is 11.1 Å². The van der Waals surface area contributed by atoms with Crippen molar-refractivity contribution in [3.05, 3.63) is 10.6 Å². The molecule has 72 valence electrons. The van der Waals surface area contributed by atoms with Crippen molar-refractivity contribution in [2.45, 2.75) is 37.6 Å². The molecule has 0 spiro atoms. The monoisotopic (exact) mass is 198 g/mol. The molecule has 0 amide bonds. The number of rotatable bonds is 0. The summed E-state index contributed by atoms with van der Waals surface area (Å²) in [5.74, 6) is 0.263. The summed E-state index contributed by atoms with van der Waals surface area (Å²) in [4.78, 5) is 12.0. The molecule has 1 unspecified atom stereocenters. The first kappa shape index (κ1) is 9.09. The molecule has 2 aliphatic rings. The molecule has 1 aliphatic heterocycles. The smallest absolute Gasteiger partial charge is 0.171 e. The van der Waals surface area contributed by atoms with Gasteiger partial charge < -0.3 is 11.1 Å². The van der Waals surface area contributed by atoms with E-state index in [-0.39, 0.29) is 5.78 Å². The van der Waals surface area contributed by atoms with Crippen molar-refractivity contribution in [1.29, 1.82) is 0 Å². The molecule has 4 heteroatoms. The lowest BCUT2D eigenvalue weighted by Crippen LogP contribution is -2.43. The lowest BCUT2D eigenvalue weighted by atomic mass is 10.2. The second-order valence-corrected chi connectivity index (χ2v) is 5.23. The zero-order chi connectivity index (χ0) is 9.47. The number of allylic oxidation sites excluding steroid dienone is 2. The SMILES string of the molecule is CC1(N)NC2=C(S1)C(=O)CCCC2. The summed E-state index contributed by atoms with van der Waals surface area (Å²) in [5, 5.41) is 3.20. The first-order chi connectivity index (χ1) is 6.08. The summed E-state index contributed by atoms with van der Waals surface area (Å²) in [7, 11) is 0. The number of ketones is 1. The zero-order valence-corrected chi connectivity index (χ0v) is 8.54. The van der Waals surface area contributed by atoms with Crippen molar-refractivity contribution in [2.24, 2.45) is 5.73 Å². The highest BCUT2D eigenvalue weighted by Crippen LogP contribution is 2.39. The molecule has 0 aromatic carbocycles. The van der Waals surface area contributed by atoms with Crippen LogP contribution in [0, 0.1) is 0 Å². The number of hydrogen-bond donors (Lipinski definition) is 2. The van der Waals surface area contributed by atoms with Crippen LogP contribution in [0.1, 0.15) is 32.6 Å². The molecule has 0 bridgehead atoms. The molecule has 0 fully saturated rings. The number of Topliss-reactive ketones (excluding diaryl/α,β-unsaturated/α-hetero) is 1. The summed E-state index contributed by atoms with van der Waals surface area (Å²) in [6.07, 6.45) is 3.76. The maximum absolute atomic E-state index is 11.6. The van der Waals surface area contributed by atoms with Crippen LogP contribution in [0.25, 0.3) is 0 Å². The van der Waals surface area contributed by atoms with Crippen LogP contribution in [-0.2, 0) is 4.79 Å². The lowest BCUT2D eigenvalue weighted by molar-refractivity contribution is -0.114. The predicted octanol–water partition coefficient (Wildman–Crippen LogP) is 1.31. The van der Waals surface area contributed by atoms with E-state index in [1.165, 1.54) is 11.8 Å². The zero-order valence-electron chi connectivity index (χ0n) is 7.72. The molecule has 3 N–H and O–H groups in total. The second kappa shape index (κ2) is 3.03. The minimum atomic E-state index is -0.475. The van der Waals surface area contributed by atoms with E-state index in [9.17, 15) is 4.79 Å². The number of carbonyl (C=O) groups is 1. The Morgan fingerprint density at radius 2 is 2.15 bits per heavy atom. The molecule has 2 rings (SSSR count). The molecular formula is C9H14N2OS. The number of nitrogens with one attached hydrogen (secondary N) is 1. The topological polar surface area (TPSA) is 55.1 Å². The van der Waals surface area contributed by atoms with E-state index in [1.807, 2.05) is 6.92 Å². The van der Waals surface area contributed by atoms with Crippen LogP contribution >= 0.6 is 11.8 Å². The Balaban J connectivity index is 2.24. The Morgan fingerprint density at radius 1 is 1.46 bits per heavy atom. The molecule has 0 aromatic heterocycles. The molecule has 0 saturated heterocycles. The number of thioether (sulfide) groups is 1. The summed E-state index contributed by atoms with van der Waals surface area (Å²) < 4.78 is 0. The fraction of sp³-hybridized carbons (Fsp3) is 0.667. The maximum atomic E-state index is 11.6. The van der Waals surface area contributed by atoms with Crippen molar-refractivity contribution in [3.63, 3.8) is 0 Å². The van der Waals surface area contributed by atoms with Crippen LogP contribution in [-0.4, -0.2) is 10.8 Å². The van der Waals surface area contributed by atoms with E-state index in [0.29, 0.717) is 6.42 Å². The van der Waals surface area contributed by atoms with Gasteiger partial charge in [-0.1, -0.05) is 11.8 Å². The van der Waals surface area contributed by atoms with Gasteiger partial charge >= 0.3 is 0 Å². The molecule has 0 saturated carbocycles. The summed E-state index contributed by atoms with van der Waals surface area (Å²) in [6.45, 7) is 1.90. The highest BCUT2D eigenvalue weighted by molar-refractivity contribution is 8.05. The van der Waals surface area contributed by atoms with Crippen LogP contribution in [0.3, 0.4) is 0 Å². The molecule has 0 radical (unpaired) electrons. The second-order valence-electron chi connectivity index (χ2n) is 3.77. The van der Waals surface area contributed by atoms with E-state index in [0.717, 1.165) is 29.9 Å². The Hall–Kier alpha value is -0.480. The summed E-state index contributed by atoms with van der Waals surface area (Å²) >= 11 is 1.47. The van der Waals surface area contributed by atoms with Crippen molar-refractivity contribution < 1.29 is 4.79 Å². The van der Waals surface area contributed by atoms with Crippen molar-refractivity contribution in [1.82, 2.24) is 5.32 Å². The number of nitrogens with two attached hydrogens (primary N) is 1. The Morgan fingerprint density at radius 3 is 2.92 bits per heavy atom. The average Bonchev–Trinajstić information content (AvgIpc) is 2.26. The lowest BCUT2D eigenvalue weighted by Gasteiger charge is -2.19. The maximum Gasteiger partial charge on any atom is 0.171 e. The van der Waals surface area contributed by atoms with E-state index in [1.54, 1.807) is 0 Å². The van der Waals surface area contributed by atoms with Gasteiger partial charge in [-0.25, -0.2) is 0 Å². The van der Waals surface area contributed by atoms with E-state index >= 15 is 0 Å². The molecular weight excluding hydrogens is 184 g/mol. The van der Waals surface area contributed by atoms with Gasteiger partial charge in [-0.3, -0.25) is 4.79 Å². The standard InChI is InChI=1S/C9H14N2OS/c1-9(10)11-6-4-2-3-5-7(12)8(6)13-9/h11H,2-5,10H2,1H3. The first-order valence-corrected chi connectivity index (χ1v) is 5.42. The van der Waals surface area contributed by atoms with Crippen molar-refractivity contribution in [2.75, 3.05) is 0 Å². The highest BCUT2D eigenvalue weighted by atomic mass is 32.2. The van der Waals surface area contributed by atoms with E-state index < -0.39 is 4.99 Å². The van der Waals surface area contributed by atoms with Gasteiger partial charge in [-0.15, -0.1) is 0 Å². The van der Waals surface area contributed by atoms with Crippen LogP contribution in [0.15, 0.2) is 10.6 Å². The number of hydrogen-bond acceptors (Lipinski definition) is 4. The Kier molecular flexibility index (Phi) is 2.12. The van der Waals surface area contributed by atoms with Gasteiger partial charge in [-0.2, -0.15) is 0 Å². The molecule has 1 atom stereocenters. The number of carbonyl (C=O) groups excluding carboxylic acids is 1. The Bertz CT molecular complexity index is 283. The van der Waals surface area contributed by atoms with Gasteiger partial charge in [0.15, 0.2) is 5.78 Å². The fourth-order valence-electron chi connectivity index (χ4n) is 1.76. The molecule has 1 heterocycles. The van der Waals surface area contributed by atoms with Gasteiger partial charge in [0, 0.05) is 12.1 Å². The summed E-state index contributed by atoms with van der Waals surface area (Å²) in [6, 6.07) is 0. The van der Waals surface area contributed by atoms with Gasteiger partial charge in [0.1, 0.15) is 4.99 Å². The normalized spacial score (nSPS) is 34.2. The third-order valence-corrected chi connectivity index (χ3v) is 3.53. The van der Waals surface area contributed by atoms with Gasteiger partial charge in [0.25, 0.3) is 0 Å². The fourth-order valence-corrected chi connectivity index (χ4v) is 2.85. The van der Waals surface area contributed by atoms with Crippen LogP contribution in [0.4, 0.5) is 0 Å². The summed E-state index contributed by atoms with van der Waals surface area (Å²) in [5.41, 5.74) is 6.98. The first-order valence-electron chi connectivity index (χ1n) is 4.61. The molecule has 13 heavy (non-hydrogen) atoms.